The molecule has 1 amide bonds. The summed E-state index contributed by atoms with van der Waals surface area (Å²) in [4.78, 5) is 12.5. The van der Waals surface area contributed by atoms with Crippen LogP contribution in [0.5, 0.6) is 11.5 Å². The SMILES string of the molecule is CC1(C)Oc2ccc(NC(=O)c3ccn(C4CCCNC4)n3)cc2O1.Cl. The molecule has 0 aliphatic carbocycles. The highest BCUT2D eigenvalue weighted by Gasteiger charge is 2.31. The number of aromatic nitrogens is 2. The molecule has 3 heterocycles. The van der Waals surface area contributed by atoms with Crippen molar-refractivity contribution in [2.45, 2.75) is 38.5 Å². The maximum atomic E-state index is 12.5. The van der Waals surface area contributed by atoms with Gasteiger partial charge in [-0.2, -0.15) is 5.10 Å². The molecule has 1 atom stereocenters. The molecule has 1 unspecified atom stereocenters. The van der Waals surface area contributed by atoms with Gasteiger partial charge in [0.2, 0.25) is 5.79 Å². The normalized spacial score (nSPS) is 20.3. The van der Waals surface area contributed by atoms with Crippen molar-refractivity contribution in [3.05, 3.63) is 36.2 Å². The molecular weight excluding hydrogens is 356 g/mol. The predicted octanol–water partition coefficient (Wildman–Crippen LogP) is 2.99. The van der Waals surface area contributed by atoms with Gasteiger partial charge < -0.3 is 20.1 Å². The molecule has 2 N–H and O–H groups in total. The summed E-state index contributed by atoms with van der Waals surface area (Å²) < 4.78 is 13.2. The molecule has 1 saturated heterocycles. The molecule has 2 aliphatic rings. The Labute approximate surface area is 158 Å². The van der Waals surface area contributed by atoms with Gasteiger partial charge in [0.15, 0.2) is 17.2 Å². The van der Waals surface area contributed by atoms with E-state index < -0.39 is 5.79 Å². The maximum absolute atomic E-state index is 12.5. The second-order valence-corrected chi connectivity index (χ2v) is 6.90. The van der Waals surface area contributed by atoms with Crippen LogP contribution in [0.25, 0.3) is 0 Å². The van der Waals surface area contributed by atoms with Gasteiger partial charge in [-0.1, -0.05) is 0 Å². The average molecular weight is 379 g/mol. The van der Waals surface area contributed by atoms with Crippen LogP contribution in [-0.4, -0.2) is 34.6 Å². The minimum Gasteiger partial charge on any atom is -0.449 e. The molecule has 0 saturated carbocycles. The van der Waals surface area contributed by atoms with Crippen molar-refractivity contribution in [2.24, 2.45) is 0 Å². The van der Waals surface area contributed by atoms with Crippen molar-refractivity contribution in [3.63, 3.8) is 0 Å². The largest absolute Gasteiger partial charge is 0.449 e. The summed E-state index contributed by atoms with van der Waals surface area (Å²) in [6.45, 7) is 5.63. The van der Waals surface area contributed by atoms with E-state index in [1.165, 1.54) is 0 Å². The number of nitrogens with zero attached hydrogens (tertiary/aromatic N) is 2. The van der Waals surface area contributed by atoms with E-state index in [0.717, 1.165) is 25.9 Å². The van der Waals surface area contributed by atoms with Crippen LogP contribution in [0.3, 0.4) is 0 Å². The molecule has 0 radical (unpaired) electrons. The lowest BCUT2D eigenvalue weighted by atomic mass is 10.1. The third-order valence-electron chi connectivity index (χ3n) is 4.40. The number of halogens is 1. The van der Waals surface area contributed by atoms with Crippen LogP contribution in [0.2, 0.25) is 0 Å². The van der Waals surface area contributed by atoms with Crippen molar-refractivity contribution in [1.82, 2.24) is 15.1 Å². The van der Waals surface area contributed by atoms with Gasteiger partial charge in [0.25, 0.3) is 5.91 Å². The van der Waals surface area contributed by atoms with Gasteiger partial charge in [0, 0.05) is 38.3 Å². The summed E-state index contributed by atoms with van der Waals surface area (Å²) >= 11 is 0. The third kappa shape index (κ3) is 3.78. The molecule has 7 nitrogen and oxygen atoms in total. The number of hydrogen-bond acceptors (Lipinski definition) is 5. The lowest BCUT2D eigenvalue weighted by molar-refractivity contribution is -0.0431. The molecule has 1 fully saturated rings. The number of benzene rings is 1. The second kappa shape index (κ2) is 7.17. The smallest absolute Gasteiger partial charge is 0.276 e. The first kappa shape index (κ1) is 18.5. The molecule has 2 aliphatic heterocycles. The molecule has 0 spiro atoms. The number of hydrogen-bond donors (Lipinski definition) is 2. The van der Waals surface area contributed by atoms with Crippen LogP contribution in [0.1, 0.15) is 43.2 Å². The molecule has 26 heavy (non-hydrogen) atoms. The Morgan fingerprint density at radius 3 is 2.88 bits per heavy atom. The number of piperidine rings is 1. The van der Waals surface area contributed by atoms with E-state index in [4.69, 9.17) is 9.47 Å². The fourth-order valence-corrected chi connectivity index (χ4v) is 3.22. The Bertz CT molecular complexity index is 799. The fraction of sp³-hybridized carbons (Fsp3) is 0.444. The van der Waals surface area contributed by atoms with Crippen molar-refractivity contribution in [3.8, 4) is 11.5 Å². The topological polar surface area (TPSA) is 77.4 Å². The number of fused-ring (bicyclic) bond motifs is 1. The van der Waals surface area contributed by atoms with E-state index in [0.29, 0.717) is 28.9 Å². The number of amides is 1. The van der Waals surface area contributed by atoms with Gasteiger partial charge >= 0.3 is 0 Å². The standard InChI is InChI=1S/C18H22N4O3.ClH/c1-18(2)24-15-6-5-12(10-16(15)25-18)20-17(23)14-7-9-22(21-14)13-4-3-8-19-11-13;/h5-7,9-10,13,19H,3-4,8,11H2,1-2H3,(H,20,23);1H. The van der Waals surface area contributed by atoms with Gasteiger partial charge in [0.1, 0.15) is 0 Å². The summed E-state index contributed by atoms with van der Waals surface area (Å²) in [5, 5.41) is 10.7. The average Bonchev–Trinajstić information content (AvgIpc) is 3.18. The highest BCUT2D eigenvalue weighted by atomic mass is 35.5. The lowest BCUT2D eigenvalue weighted by Gasteiger charge is -2.22. The summed E-state index contributed by atoms with van der Waals surface area (Å²) in [6.07, 6.45) is 4.07. The highest BCUT2D eigenvalue weighted by Crippen LogP contribution is 2.40. The zero-order chi connectivity index (χ0) is 17.4. The van der Waals surface area contributed by atoms with Crippen LogP contribution in [0, 0.1) is 0 Å². The number of nitrogens with one attached hydrogen (secondary N) is 2. The Balaban J connectivity index is 0.00000196. The number of carbonyl (C=O) groups is 1. The first-order chi connectivity index (χ1) is 12.0. The quantitative estimate of drug-likeness (QED) is 0.858. The summed E-state index contributed by atoms with van der Waals surface area (Å²) in [5.74, 6) is 0.386. The Kier molecular flexibility index (Phi) is 5.11. The second-order valence-electron chi connectivity index (χ2n) is 6.90. The molecule has 140 valence electrons. The molecule has 1 aromatic heterocycles. The zero-order valence-electron chi connectivity index (χ0n) is 14.8. The first-order valence-corrected chi connectivity index (χ1v) is 8.59. The lowest BCUT2D eigenvalue weighted by Crippen LogP contribution is -2.32. The predicted molar refractivity (Wildman–Crippen MR) is 100 cm³/mol. The molecule has 0 bridgehead atoms. The Hall–Kier alpha value is -2.25. The van der Waals surface area contributed by atoms with E-state index in [-0.39, 0.29) is 18.3 Å². The monoisotopic (exact) mass is 378 g/mol. The zero-order valence-corrected chi connectivity index (χ0v) is 15.6. The van der Waals surface area contributed by atoms with Crippen LogP contribution in [-0.2, 0) is 0 Å². The third-order valence-corrected chi connectivity index (χ3v) is 4.40. The number of ether oxygens (including phenoxy) is 2. The maximum Gasteiger partial charge on any atom is 0.276 e. The minimum absolute atomic E-state index is 0. The van der Waals surface area contributed by atoms with E-state index in [1.54, 1.807) is 24.3 Å². The Morgan fingerprint density at radius 1 is 1.31 bits per heavy atom. The summed E-state index contributed by atoms with van der Waals surface area (Å²) in [6, 6.07) is 7.42. The van der Waals surface area contributed by atoms with Crippen LogP contribution >= 0.6 is 12.4 Å². The molecular formula is C18H23ClN4O3. The van der Waals surface area contributed by atoms with Crippen molar-refractivity contribution in [2.75, 3.05) is 18.4 Å². The van der Waals surface area contributed by atoms with Crippen molar-refractivity contribution in [1.29, 1.82) is 0 Å². The van der Waals surface area contributed by atoms with Crippen LogP contribution in [0.15, 0.2) is 30.5 Å². The highest BCUT2D eigenvalue weighted by molar-refractivity contribution is 6.02. The molecule has 8 heteroatoms. The minimum atomic E-state index is -0.683. The Morgan fingerprint density at radius 2 is 2.12 bits per heavy atom. The fourth-order valence-electron chi connectivity index (χ4n) is 3.22. The van der Waals surface area contributed by atoms with Crippen LogP contribution < -0.4 is 20.1 Å². The van der Waals surface area contributed by atoms with E-state index in [9.17, 15) is 4.79 Å². The summed E-state index contributed by atoms with van der Waals surface area (Å²) in [7, 11) is 0. The van der Waals surface area contributed by atoms with Crippen molar-refractivity contribution >= 4 is 24.0 Å². The summed E-state index contributed by atoms with van der Waals surface area (Å²) in [5.41, 5.74) is 1.06. The van der Waals surface area contributed by atoms with Gasteiger partial charge in [-0.25, -0.2) is 0 Å². The molecule has 2 aromatic rings. The van der Waals surface area contributed by atoms with E-state index in [2.05, 4.69) is 15.7 Å². The van der Waals surface area contributed by atoms with Crippen LogP contribution in [0.4, 0.5) is 5.69 Å². The van der Waals surface area contributed by atoms with Gasteiger partial charge in [-0.15, -0.1) is 12.4 Å². The number of carbonyl (C=O) groups excluding carboxylic acids is 1. The number of anilines is 1. The van der Waals surface area contributed by atoms with E-state index >= 15 is 0 Å². The van der Waals surface area contributed by atoms with Gasteiger partial charge in [0.05, 0.1) is 6.04 Å². The van der Waals surface area contributed by atoms with Gasteiger partial charge in [-0.3, -0.25) is 9.48 Å². The molecule has 1 aromatic carbocycles. The van der Waals surface area contributed by atoms with E-state index in [1.807, 2.05) is 24.7 Å². The van der Waals surface area contributed by atoms with Crippen molar-refractivity contribution < 1.29 is 14.3 Å². The molecule has 4 rings (SSSR count). The number of rotatable bonds is 3. The van der Waals surface area contributed by atoms with Gasteiger partial charge in [-0.05, 0) is 37.6 Å². The first-order valence-electron chi connectivity index (χ1n) is 8.59.